The van der Waals surface area contributed by atoms with Gasteiger partial charge in [0.1, 0.15) is 6.61 Å². The molecule has 1 aromatic heterocycles. The van der Waals surface area contributed by atoms with E-state index >= 15 is 0 Å². The number of rotatable bonds is 7. The fourth-order valence-corrected chi connectivity index (χ4v) is 2.62. The molecule has 0 spiro atoms. The van der Waals surface area contributed by atoms with Gasteiger partial charge in [0.05, 0.1) is 11.8 Å². The van der Waals surface area contributed by atoms with Crippen molar-refractivity contribution in [1.29, 1.82) is 0 Å². The van der Waals surface area contributed by atoms with E-state index in [0.29, 0.717) is 11.7 Å². The monoisotopic (exact) mass is 347 g/mol. The number of ether oxygens (including phenoxy) is 1. The molecule has 0 aliphatic rings. The molecule has 1 heterocycles. The van der Waals surface area contributed by atoms with Crippen molar-refractivity contribution in [2.75, 3.05) is 11.9 Å². The minimum Gasteiger partial charge on any atom is -0.369 e. The molecule has 2 N–H and O–H groups in total. The van der Waals surface area contributed by atoms with Crippen LogP contribution in [0, 0.1) is 0 Å². The fourth-order valence-electron chi connectivity index (χ4n) is 1.88. The summed E-state index contributed by atoms with van der Waals surface area (Å²) in [4.78, 5) is 27.1. The first kappa shape index (κ1) is 18.1. The molecule has 2 aromatic rings. The normalized spacial score (nSPS) is 10.7. The maximum atomic E-state index is 11.7. The van der Waals surface area contributed by atoms with Crippen molar-refractivity contribution in [3.63, 3.8) is 0 Å². The van der Waals surface area contributed by atoms with E-state index in [2.05, 4.69) is 15.6 Å². The van der Waals surface area contributed by atoms with Crippen molar-refractivity contribution in [3.8, 4) is 11.3 Å². The molecular weight excluding hydrogens is 326 g/mol. The lowest BCUT2D eigenvalue weighted by Gasteiger charge is -2.06. The minimum absolute atomic E-state index is 0.0126. The average molecular weight is 347 g/mol. The van der Waals surface area contributed by atoms with E-state index in [1.165, 1.54) is 18.3 Å². The summed E-state index contributed by atoms with van der Waals surface area (Å²) in [5, 5.41) is 7.92. The van der Waals surface area contributed by atoms with Crippen molar-refractivity contribution >= 4 is 28.3 Å². The molecule has 2 amide bonds. The number of carbonyl (C=O) groups is 2. The van der Waals surface area contributed by atoms with Gasteiger partial charge in [0.25, 0.3) is 5.91 Å². The standard InChI is InChI=1S/C17H21N3O3S/c1-11(2)23-9-16(22)20-17-19-15(10-24-17)14-6-4-13(5-7-14)8-18-12(3)21/h4-7,10-11H,8-9H2,1-3H3,(H,18,21)(H,19,20,22). The topological polar surface area (TPSA) is 80.3 Å². The summed E-state index contributed by atoms with van der Waals surface area (Å²) in [6.45, 7) is 5.77. The number of hydrogen-bond acceptors (Lipinski definition) is 5. The summed E-state index contributed by atoms with van der Waals surface area (Å²) in [5.41, 5.74) is 2.77. The maximum Gasteiger partial charge on any atom is 0.252 e. The van der Waals surface area contributed by atoms with Crippen LogP contribution in [0.1, 0.15) is 26.3 Å². The van der Waals surface area contributed by atoms with Crippen LogP contribution in [0.3, 0.4) is 0 Å². The van der Waals surface area contributed by atoms with Gasteiger partial charge < -0.3 is 10.1 Å². The van der Waals surface area contributed by atoms with E-state index in [9.17, 15) is 9.59 Å². The second-order valence-electron chi connectivity index (χ2n) is 5.55. The summed E-state index contributed by atoms with van der Waals surface area (Å²) < 4.78 is 5.26. The van der Waals surface area contributed by atoms with Crippen LogP contribution >= 0.6 is 11.3 Å². The molecule has 0 aliphatic heterocycles. The summed E-state index contributed by atoms with van der Waals surface area (Å²) >= 11 is 1.37. The van der Waals surface area contributed by atoms with E-state index in [1.54, 1.807) is 0 Å². The number of hydrogen-bond donors (Lipinski definition) is 2. The van der Waals surface area contributed by atoms with Crippen LogP contribution in [-0.4, -0.2) is 29.5 Å². The van der Waals surface area contributed by atoms with Gasteiger partial charge >= 0.3 is 0 Å². The van der Waals surface area contributed by atoms with Gasteiger partial charge in [-0.2, -0.15) is 0 Å². The summed E-state index contributed by atoms with van der Waals surface area (Å²) in [6, 6.07) is 7.78. The molecule has 7 heteroatoms. The van der Waals surface area contributed by atoms with Crippen LogP contribution in [-0.2, 0) is 20.9 Å². The summed E-state index contributed by atoms with van der Waals surface area (Å²) in [6.07, 6.45) is 0.0126. The second kappa shape index (κ2) is 8.56. The molecule has 6 nitrogen and oxygen atoms in total. The number of nitrogens with zero attached hydrogens (tertiary/aromatic N) is 1. The average Bonchev–Trinajstić information content (AvgIpc) is 3.00. The Morgan fingerprint density at radius 1 is 1.25 bits per heavy atom. The van der Waals surface area contributed by atoms with Gasteiger partial charge in [-0.05, 0) is 19.4 Å². The Morgan fingerprint density at radius 2 is 1.96 bits per heavy atom. The number of nitrogens with one attached hydrogen (secondary N) is 2. The van der Waals surface area contributed by atoms with E-state index in [1.807, 2.05) is 43.5 Å². The highest BCUT2D eigenvalue weighted by Crippen LogP contribution is 2.25. The zero-order valence-electron chi connectivity index (χ0n) is 14.0. The van der Waals surface area contributed by atoms with Gasteiger partial charge in [-0.3, -0.25) is 14.9 Å². The first-order chi connectivity index (χ1) is 11.4. The molecule has 1 aromatic carbocycles. The summed E-state index contributed by atoms with van der Waals surface area (Å²) in [7, 11) is 0. The molecular formula is C17H21N3O3S. The predicted octanol–water partition coefficient (Wildman–Crippen LogP) is 2.81. The maximum absolute atomic E-state index is 11.7. The Labute approximate surface area is 145 Å². The Kier molecular flexibility index (Phi) is 6.45. The van der Waals surface area contributed by atoms with E-state index in [4.69, 9.17) is 4.74 Å². The number of amides is 2. The molecule has 128 valence electrons. The van der Waals surface area contributed by atoms with Crippen LogP contribution in [0.15, 0.2) is 29.6 Å². The molecule has 0 saturated heterocycles. The molecule has 24 heavy (non-hydrogen) atoms. The zero-order valence-corrected chi connectivity index (χ0v) is 14.8. The Bertz CT molecular complexity index is 695. The molecule has 0 radical (unpaired) electrons. The van der Waals surface area contributed by atoms with Crippen molar-refractivity contribution in [2.24, 2.45) is 0 Å². The molecule has 0 unspecified atom stereocenters. The largest absolute Gasteiger partial charge is 0.369 e. The van der Waals surface area contributed by atoms with Gasteiger partial charge in [0.2, 0.25) is 5.91 Å². The van der Waals surface area contributed by atoms with Crippen LogP contribution < -0.4 is 10.6 Å². The van der Waals surface area contributed by atoms with Crippen LogP contribution in [0.4, 0.5) is 5.13 Å². The Hall–Kier alpha value is -2.25. The zero-order chi connectivity index (χ0) is 17.5. The van der Waals surface area contributed by atoms with Gasteiger partial charge in [-0.1, -0.05) is 24.3 Å². The highest BCUT2D eigenvalue weighted by atomic mass is 32.1. The van der Waals surface area contributed by atoms with Crippen molar-refractivity contribution < 1.29 is 14.3 Å². The van der Waals surface area contributed by atoms with E-state index < -0.39 is 0 Å². The van der Waals surface area contributed by atoms with Crippen molar-refractivity contribution in [3.05, 3.63) is 35.2 Å². The van der Waals surface area contributed by atoms with Crippen LogP contribution in [0.25, 0.3) is 11.3 Å². The smallest absolute Gasteiger partial charge is 0.252 e. The van der Waals surface area contributed by atoms with E-state index in [0.717, 1.165) is 16.8 Å². The lowest BCUT2D eigenvalue weighted by Crippen LogP contribution is -2.20. The molecule has 2 rings (SSSR count). The summed E-state index contributed by atoms with van der Waals surface area (Å²) in [5.74, 6) is -0.268. The van der Waals surface area contributed by atoms with Crippen LogP contribution in [0.2, 0.25) is 0 Å². The quantitative estimate of drug-likeness (QED) is 0.807. The van der Waals surface area contributed by atoms with Gasteiger partial charge in [-0.15, -0.1) is 11.3 Å². The van der Waals surface area contributed by atoms with Crippen LogP contribution in [0.5, 0.6) is 0 Å². The molecule has 0 atom stereocenters. The van der Waals surface area contributed by atoms with Gasteiger partial charge in [0.15, 0.2) is 5.13 Å². The highest BCUT2D eigenvalue weighted by molar-refractivity contribution is 7.14. The third-order valence-corrected chi connectivity index (χ3v) is 3.85. The predicted molar refractivity (Wildman–Crippen MR) is 94.8 cm³/mol. The third-order valence-electron chi connectivity index (χ3n) is 3.09. The number of benzene rings is 1. The molecule has 0 saturated carbocycles. The number of thiazole rings is 1. The van der Waals surface area contributed by atoms with Crippen molar-refractivity contribution in [1.82, 2.24) is 10.3 Å². The van der Waals surface area contributed by atoms with Crippen molar-refractivity contribution in [2.45, 2.75) is 33.4 Å². The number of anilines is 1. The lowest BCUT2D eigenvalue weighted by atomic mass is 10.1. The number of aromatic nitrogens is 1. The third kappa shape index (κ3) is 5.75. The Balaban J connectivity index is 1.94. The van der Waals surface area contributed by atoms with Gasteiger partial charge in [0, 0.05) is 24.4 Å². The second-order valence-corrected chi connectivity index (χ2v) is 6.41. The SMILES string of the molecule is CC(=O)NCc1ccc(-c2csc(NC(=O)COC(C)C)n2)cc1. The first-order valence-corrected chi connectivity index (χ1v) is 8.52. The Morgan fingerprint density at radius 3 is 2.58 bits per heavy atom. The molecule has 0 aliphatic carbocycles. The fraction of sp³-hybridized carbons (Fsp3) is 0.353. The highest BCUT2D eigenvalue weighted by Gasteiger charge is 2.09. The molecule has 0 bridgehead atoms. The van der Waals surface area contributed by atoms with E-state index in [-0.39, 0.29) is 24.5 Å². The first-order valence-electron chi connectivity index (χ1n) is 7.65. The lowest BCUT2D eigenvalue weighted by molar-refractivity contribution is -0.122. The number of carbonyl (C=O) groups excluding carboxylic acids is 2. The minimum atomic E-state index is -0.213. The molecule has 0 fully saturated rings. The van der Waals surface area contributed by atoms with Gasteiger partial charge in [-0.25, -0.2) is 4.98 Å².